The first kappa shape index (κ1) is 14.3. The van der Waals surface area contributed by atoms with Crippen molar-refractivity contribution in [1.29, 1.82) is 0 Å². The van der Waals surface area contributed by atoms with Gasteiger partial charge in [0.2, 0.25) is 0 Å². The van der Waals surface area contributed by atoms with Crippen molar-refractivity contribution < 1.29 is 4.79 Å². The van der Waals surface area contributed by atoms with Crippen molar-refractivity contribution >= 4 is 17.2 Å². The summed E-state index contributed by atoms with van der Waals surface area (Å²) in [6, 6.07) is 7.93. The summed E-state index contributed by atoms with van der Waals surface area (Å²) in [4.78, 5) is 24.4. The third kappa shape index (κ3) is 3.17. The summed E-state index contributed by atoms with van der Waals surface area (Å²) in [5.41, 5.74) is 3.37. The predicted molar refractivity (Wildman–Crippen MR) is 85.5 cm³/mol. The second-order valence-corrected chi connectivity index (χ2v) is 5.58. The van der Waals surface area contributed by atoms with E-state index in [1.165, 1.54) is 18.6 Å². The summed E-state index contributed by atoms with van der Waals surface area (Å²) in [5.74, 6) is -0.238. The molecule has 0 radical (unpaired) electrons. The Labute approximate surface area is 132 Å². The summed E-state index contributed by atoms with van der Waals surface area (Å²) in [5, 5.41) is 5.85. The van der Waals surface area contributed by atoms with Gasteiger partial charge >= 0.3 is 0 Å². The van der Waals surface area contributed by atoms with Crippen molar-refractivity contribution in [2.45, 2.75) is 13.5 Å². The molecule has 22 heavy (non-hydrogen) atoms. The molecule has 0 aliphatic rings. The topological polar surface area (TPSA) is 67.8 Å². The van der Waals surface area contributed by atoms with Crippen LogP contribution in [0.5, 0.6) is 0 Å². The molecule has 1 N–H and O–H groups in total. The molecule has 0 saturated heterocycles. The fraction of sp³-hybridized carbons (Fsp3) is 0.125. The molecule has 0 spiro atoms. The predicted octanol–water partition coefficient (Wildman–Crippen LogP) is 2.84. The maximum absolute atomic E-state index is 12.0. The number of nitrogens with zero attached hydrogens (tertiary/aromatic N) is 3. The smallest absolute Gasteiger partial charge is 0.271 e. The zero-order valence-electron chi connectivity index (χ0n) is 12.0. The molecule has 3 rings (SSSR count). The average Bonchev–Trinajstić information content (AvgIpc) is 3.00. The number of amides is 1. The number of rotatable bonds is 4. The van der Waals surface area contributed by atoms with Crippen LogP contribution in [0.25, 0.3) is 10.6 Å². The lowest BCUT2D eigenvalue weighted by Gasteiger charge is -2.08. The first-order chi connectivity index (χ1) is 10.7. The minimum absolute atomic E-state index is 0.238. The molecule has 0 fully saturated rings. The minimum atomic E-state index is -0.238. The molecule has 6 heteroatoms. The summed E-state index contributed by atoms with van der Waals surface area (Å²) < 4.78 is 0. The Morgan fingerprint density at radius 3 is 2.86 bits per heavy atom. The van der Waals surface area contributed by atoms with Gasteiger partial charge in [-0.05, 0) is 12.5 Å². The standard InChI is InChI=1S/C16H14N4OS/c1-11-10-22-16(20-11)13-5-3-2-4-12(13)8-19-15(21)14-9-17-6-7-18-14/h2-7,9-10H,8H2,1H3,(H,19,21). The van der Waals surface area contributed by atoms with Crippen molar-refractivity contribution in [3.8, 4) is 10.6 Å². The van der Waals surface area contributed by atoms with E-state index in [4.69, 9.17) is 0 Å². The first-order valence-corrected chi connectivity index (χ1v) is 7.66. The molecule has 2 aromatic heterocycles. The Hall–Kier alpha value is -2.60. The number of aromatic nitrogens is 3. The zero-order valence-corrected chi connectivity index (χ0v) is 12.8. The highest BCUT2D eigenvalue weighted by Gasteiger charge is 2.11. The molecule has 0 bridgehead atoms. The highest BCUT2D eigenvalue weighted by Crippen LogP contribution is 2.26. The van der Waals surface area contributed by atoms with Crippen LogP contribution < -0.4 is 5.32 Å². The second kappa shape index (κ2) is 6.44. The Bertz CT molecular complexity index is 786. The van der Waals surface area contributed by atoms with E-state index in [0.29, 0.717) is 12.2 Å². The molecule has 110 valence electrons. The Morgan fingerprint density at radius 1 is 1.27 bits per heavy atom. The molecule has 0 saturated carbocycles. The largest absolute Gasteiger partial charge is 0.347 e. The third-order valence-corrected chi connectivity index (χ3v) is 4.10. The third-order valence-electron chi connectivity index (χ3n) is 3.10. The van der Waals surface area contributed by atoms with Gasteiger partial charge in [0.05, 0.1) is 6.20 Å². The van der Waals surface area contributed by atoms with Crippen molar-refractivity contribution in [3.05, 3.63) is 65.2 Å². The Balaban J connectivity index is 1.77. The lowest BCUT2D eigenvalue weighted by molar-refractivity contribution is 0.0945. The van der Waals surface area contributed by atoms with E-state index in [1.54, 1.807) is 11.3 Å². The monoisotopic (exact) mass is 310 g/mol. The van der Waals surface area contributed by atoms with Gasteiger partial charge in [-0.15, -0.1) is 11.3 Å². The van der Waals surface area contributed by atoms with E-state index in [-0.39, 0.29) is 5.91 Å². The van der Waals surface area contributed by atoms with Crippen molar-refractivity contribution in [1.82, 2.24) is 20.3 Å². The van der Waals surface area contributed by atoms with Gasteiger partial charge in [-0.3, -0.25) is 9.78 Å². The second-order valence-electron chi connectivity index (χ2n) is 4.72. The number of thiazole rings is 1. The molecule has 0 unspecified atom stereocenters. The number of aryl methyl sites for hydroxylation is 1. The van der Waals surface area contributed by atoms with E-state index in [1.807, 2.05) is 36.6 Å². The van der Waals surface area contributed by atoms with Gasteiger partial charge < -0.3 is 5.32 Å². The van der Waals surface area contributed by atoms with Gasteiger partial charge in [-0.2, -0.15) is 0 Å². The van der Waals surface area contributed by atoms with Gasteiger partial charge in [0.1, 0.15) is 10.7 Å². The minimum Gasteiger partial charge on any atom is -0.347 e. The van der Waals surface area contributed by atoms with E-state index in [2.05, 4.69) is 20.3 Å². The lowest BCUT2D eigenvalue weighted by atomic mass is 10.1. The van der Waals surface area contributed by atoms with Crippen LogP contribution in [-0.4, -0.2) is 20.9 Å². The zero-order chi connectivity index (χ0) is 15.4. The van der Waals surface area contributed by atoms with Crippen LogP contribution in [0.2, 0.25) is 0 Å². The molecule has 0 aliphatic heterocycles. The lowest BCUT2D eigenvalue weighted by Crippen LogP contribution is -2.24. The summed E-state index contributed by atoms with van der Waals surface area (Å²) in [7, 11) is 0. The van der Waals surface area contributed by atoms with Gasteiger partial charge in [0, 0.05) is 35.6 Å². The van der Waals surface area contributed by atoms with Crippen molar-refractivity contribution in [2.75, 3.05) is 0 Å². The fourth-order valence-electron chi connectivity index (χ4n) is 2.04. The van der Waals surface area contributed by atoms with E-state index >= 15 is 0 Å². The first-order valence-electron chi connectivity index (χ1n) is 6.78. The molecule has 2 heterocycles. The van der Waals surface area contributed by atoms with Crippen LogP contribution in [0, 0.1) is 6.92 Å². The fourth-order valence-corrected chi connectivity index (χ4v) is 2.90. The van der Waals surface area contributed by atoms with Crippen LogP contribution in [0.15, 0.2) is 48.2 Å². The molecular formula is C16H14N4OS. The van der Waals surface area contributed by atoms with E-state index in [0.717, 1.165) is 21.8 Å². The van der Waals surface area contributed by atoms with Gasteiger partial charge in [-0.1, -0.05) is 24.3 Å². The molecule has 1 amide bonds. The van der Waals surface area contributed by atoms with Gasteiger partial charge in [0.15, 0.2) is 0 Å². The van der Waals surface area contributed by atoms with Crippen LogP contribution >= 0.6 is 11.3 Å². The van der Waals surface area contributed by atoms with Gasteiger partial charge in [-0.25, -0.2) is 9.97 Å². The quantitative estimate of drug-likeness (QED) is 0.804. The summed E-state index contributed by atoms with van der Waals surface area (Å²) >= 11 is 1.60. The average molecular weight is 310 g/mol. The highest BCUT2D eigenvalue weighted by molar-refractivity contribution is 7.13. The SMILES string of the molecule is Cc1csc(-c2ccccc2CNC(=O)c2cnccn2)n1. The Kier molecular flexibility index (Phi) is 4.20. The van der Waals surface area contributed by atoms with Crippen LogP contribution in [0.1, 0.15) is 21.7 Å². The maximum atomic E-state index is 12.0. The van der Waals surface area contributed by atoms with Crippen LogP contribution in [0.4, 0.5) is 0 Å². The normalized spacial score (nSPS) is 10.4. The summed E-state index contributed by atoms with van der Waals surface area (Å²) in [6.07, 6.45) is 4.49. The number of carbonyl (C=O) groups excluding carboxylic acids is 1. The number of hydrogen-bond acceptors (Lipinski definition) is 5. The van der Waals surface area contributed by atoms with E-state index in [9.17, 15) is 4.79 Å². The van der Waals surface area contributed by atoms with Crippen molar-refractivity contribution in [2.24, 2.45) is 0 Å². The summed E-state index contributed by atoms with van der Waals surface area (Å²) in [6.45, 7) is 2.39. The molecular weight excluding hydrogens is 296 g/mol. The number of hydrogen-bond donors (Lipinski definition) is 1. The molecule has 0 aliphatic carbocycles. The number of nitrogens with one attached hydrogen (secondary N) is 1. The van der Waals surface area contributed by atoms with Gasteiger partial charge in [0.25, 0.3) is 5.91 Å². The van der Waals surface area contributed by atoms with E-state index < -0.39 is 0 Å². The molecule has 0 atom stereocenters. The van der Waals surface area contributed by atoms with Crippen LogP contribution in [0.3, 0.4) is 0 Å². The maximum Gasteiger partial charge on any atom is 0.271 e. The molecule has 1 aromatic carbocycles. The van der Waals surface area contributed by atoms with Crippen LogP contribution in [-0.2, 0) is 6.54 Å². The molecule has 5 nitrogen and oxygen atoms in total. The molecule has 3 aromatic rings. The Morgan fingerprint density at radius 2 is 2.14 bits per heavy atom. The van der Waals surface area contributed by atoms with Crippen molar-refractivity contribution in [3.63, 3.8) is 0 Å². The number of benzene rings is 1. The number of carbonyl (C=O) groups is 1. The highest BCUT2D eigenvalue weighted by atomic mass is 32.1.